The highest BCUT2D eigenvalue weighted by molar-refractivity contribution is 5.43. The molecular formula is C15H19N5. The molecule has 2 aliphatic heterocycles. The van der Waals surface area contributed by atoms with Gasteiger partial charge in [-0.1, -0.05) is 0 Å². The summed E-state index contributed by atoms with van der Waals surface area (Å²) in [6.07, 6.45) is 10.7. The molecule has 0 saturated carbocycles. The zero-order valence-corrected chi connectivity index (χ0v) is 11.7. The van der Waals surface area contributed by atoms with Crippen molar-refractivity contribution in [3.63, 3.8) is 0 Å². The molecule has 0 aromatic carbocycles. The molecule has 2 saturated heterocycles. The molecule has 0 N–H and O–H groups in total. The van der Waals surface area contributed by atoms with E-state index in [9.17, 15) is 0 Å². The average molecular weight is 269 g/mol. The average Bonchev–Trinajstić information content (AvgIpc) is 3.06. The second kappa shape index (κ2) is 4.58. The van der Waals surface area contributed by atoms with E-state index >= 15 is 0 Å². The van der Waals surface area contributed by atoms with E-state index in [0.29, 0.717) is 18.1 Å². The van der Waals surface area contributed by atoms with Crippen molar-refractivity contribution >= 4 is 5.82 Å². The van der Waals surface area contributed by atoms with E-state index in [4.69, 9.17) is 0 Å². The summed E-state index contributed by atoms with van der Waals surface area (Å²) < 4.78 is 2.13. The lowest BCUT2D eigenvalue weighted by Crippen LogP contribution is -2.44. The normalized spacial score (nSPS) is 28.9. The highest BCUT2D eigenvalue weighted by Gasteiger charge is 2.42. The van der Waals surface area contributed by atoms with E-state index in [-0.39, 0.29) is 0 Å². The Balaban J connectivity index is 1.60. The summed E-state index contributed by atoms with van der Waals surface area (Å²) >= 11 is 0. The molecule has 2 fully saturated rings. The van der Waals surface area contributed by atoms with Crippen LogP contribution in [0.2, 0.25) is 0 Å². The van der Waals surface area contributed by atoms with Crippen molar-refractivity contribution in [3.05, 3.63) is 36.5 Å². The Morgan fingerprint density at radius 1 is 1.10 bits per heavy atom. The Morgan fingerprint density at radius 3 is 2.55 bits per heavy atom. The van der Waals surface area contributed by atoms with E-state index in [1.807, 2.05) is 31.5 Å². The highest BCUT2D eigenvalue weighted by Crippen LogP contribution is 2.42. The Morgan fingerprint density at radius 2 is 1.90 bits per heavy atom. The summed E-state index contributed by atoms with van der Waals surface area (Å²) in [6, 6.07) is 5.80. The van der Waals surface area contributed by atoms with E-state index in [2.05, 4.69) is 30.8 Å². The van der Waals surface area contributed by atoms with Crippen LogP contribution in [0.25, 0.3) is 0 Å². The fourth-order valence-corrected chi connectivity index (χ4v) is 3.82. The molecule has 0 radical (unpaired) electrons. The van der Waals surface area contributed by atoms with Gasteiger partial charge >= 0.3 is 0 Å². The maximum Gasteiger partial charge on any atom is 0.132 e. The third-order valence-electron chi connectivity index (χ3n) is 4.63. The standard InChI is InChI=1S/C15H19N5/c1-11-16-7-5-15(18-11)20-12-3-4-13(20)10-14(9-12)19-8-2-6-17-19/h2,5-8,12-14H,3-4,9-10H2,1H3. The van der Waals surface area contributed by atoms with Crippen LogP contribution in [0.3, 0.4) is 0 Å². The number of anilines is 1. The first-order valence-corrected chi connectivity index (χ1v) is 7.38. The number of aryl methyl sites for hydroxylation is 1. The molecule has 2 bridgehead atoms. The molecule has 0 amide bonds. The fourth-order valence-electron chi connectivity index (χ4n) is 3.82. The molecular weight excluding hydrogens is 250 g/mol. The Kier molecular flexibility index (Phi) is 2.72. The van der Waals surface area contributed by atoms with Crippen molar-refractivity contribution in [1.29, 1.82) is 0 Å². The van der Waals surface area contributed by atoms with Gasteiger partial charge in [-0.15, -0.1) is 0 Å². The Bertz CT molecular complexity index is 580. The summed E-state index contributed by atoms with van der Waals surface area (Å²) in [5.74, 6) is 1.96. The van der Waals surface area contributed by atoms with Crippen LogP contribution in [-0.2, 0) is 0 Å². The lowest BCUT2D eigenvalue weighted by atomic mass is 9.97. The molecule has 2 atom stereocenters. The number of hydrogen-bond acceptors (Lipinski definition) is 4. The number of hydrogen-bond donors (Lipinski definition) is 0. The maximum absolute atomic E-state index is 4.62. The summed E-state index contributed by atoms with van der Waals surface area (Å²) in [4.78, 5) is 11.3. The molecule has 2 unspecified atom stereocenters. The highest BCUT2D eigenvalue weighted by atomic mass is 15.3. The van der Waals surface area contributed by atoms with Crippen LogP contribution < -0.4 is 4.90 Å². The number of rotatable bonds is 2. The van der Waals surface area contributed by atoms with Crippen LogP contribution >= 0.6 is 0 Å². The smallest absolute Gasteiger partial charge is 0.132 e. The molecule has 2 aliphatic rings. The molecule has 2 aromatic heterocycles. The van der Waals surface area contributed by atoms with E-state index < -0.39 is 0 Å². The van der Waals surface area contributed by atoms with Crippen molar-refractivity contribution < 1.29 is 0 Å². The minimum Gasteiger partial charge on any atom is -0.350 e. The molecule has 5 heteroatoms. The van der Waals surface area contributed by atoms with Crippen LogP contribution in [0, 0.1) is 6.92 Å². The van der Waals surface area contributed by atoms with Crippen molar-refractivity contribution in [3.8, 4) is 0 Å². The molecule has 4 rings (SSSR count). The van der Waals surface area contributed by atoms with Gasteiger partial charge in [-0.3, -0.25) is 4.68 Å². The topological polar surface area (TPSA) is 46.8 Å². The zero-order valence-electron chi connectivity index (χ0n) is 11.7. The minimum absolute atomic E-state index is 0.543. The second-order valence-electron chi connectivity index (χ2n) is 5.87. The van der Waals surface area contributed by atoms with Gasteiger partial charge in [0.1, 0.15) is 11.6 Å². The predicted octanol–water partition coefficient (Wildman–Crippen LogP) is 2.35. The molecule has 0 aliphatic carbocycles. The van der Waals surface area contributed by atoms with Gasteiger partial charge in [-0.2, -0.15) is 5.10 Å². The largest absolute Gasteiger partial charge is 0.350 e. The fraction of sp³-hybridized carbons (Fsp3) is 0.533. The zero-order chi connectivity index (χ0) is 13.5. The quantitative estimate of drug-likeness (QED) is 0.839. The first-order valence-electron chi connectivity index (χ1n) is 7.38. The van der Waals surface area contributed by atoms with Gasteiger partial charge in [0.15, 0.2) is 0 Å². The van der Waals surface area contributed by atoms with E-state index in [0.717, 1.165) is 11.6 Å². The maximum atomic E-state index is 4.62. The SMILES string of the molecule is Cc1nccc(N2C3CCC2CC(n2cccn2)C3)n1. The molecule has 0 spiro atoms. The predicted molar refractivity (Wildman–Crippen MR) is 76.6 cm³/mol. The van der Waals surface area contributed by atoms with E-state index in [1.54, 1.807) is 0 Å². The molecule has 20 heavy (non-hydrogen) atoms. The number of nitrogens with zero attached hydrogens (tertiary/aromatic N) is 5. The summed E-state index contributed by atoms with van der Waals surface area (Å²) in [6.45, 7) is 1.96. The van der Waals surface area contributed by atoms with Gasteiger partial charge in [-0.25, -0.2) is 9.97 Å². The second-order valence-corrected chi connectivity index (χ2v) is 5.87. The van der Waals surface area contributed by atoms with Crippen LogP contribution in [0.5, 0.6) is 0 Å². The van der Waals surface area contributed by atoms with Gasteiger partial charge < -0.3 is 4.90 Å². The van der Waals surface area contributed by atoms with Gasteiger partial charge in [-0.05, 0) is 44.7 Å². The summed E-state index contributed by atoms with van der Waals surface area (Å²) in [5, 5.41) is 4.42. The van der Waals surface area contributed by atoms with Gasteiger partial charge in [0.2, 0.25) is 0 Å². The van der Waals surface area contributed by atoms with Crippen molar-refractivity contribution in [2.45, 2.75) is 50.7 Å². The lowest BCUT2D eigenvalue weighted by molar-refractivity contribution is 0.313. The summed E-state index contributed by atoms with van der Waals surface area (Å²) in [7, 11) is 0. The Hall–Kier alpha value is -1.91. The van der Waals surface area contributed by atoms with Crippen LogP contribution in [0.15, 0.2) is 30.7 Å². The van der Waals surface area contributed by atoms with Gasteiger partial charge in [0, 0.05) is 30.7 Å². The first-order chi connectivity index (χ1) is 9.81. The van der Waals surface area contributed by atoms with Crippen molar-refractivity contribution in [1.82, 2.24) is 19.7 Å². The lowest BCUT2D eigenvalue weighted by Gasteiger charge is -2.39. The van der Waals surface area contributed by atoms with Crippen molar-refractivity contribution in [2.75, 3.05) is 4.90 Å². The number of aromatic nitrogens is 4. The molecule has 5 nitrogen and oxygen atoms in total. The van der Waals surface area contributed by atoms with Crippen LogP contribution in [0.1, 0.15) is 37.5 Å². The van der Waals surface area contributed by atoms with Gasteiger partial charge in [0.25, 0.3) is 0 Å². The molecule has 2 aromatic rings. The monoisotopic (exact) mass is 269 g/mol. The number of piperidine rings is 1. The van der Waals surface area contributed by atoms with Crippen LogP contribution in [0.4, 0.5) is 5.82 Å². The van der Waals surface area contributed by atoms with E-state index in [1.165, 1.54) is 25.7 Å². The van der Waals surface area contributed by atoms with Crippen LogP contribution in [-0.4, -0.2) is 31.8 Å². The minimum atomic E-state index is 0.543. The Labute approximate surface area is 118 Å². The molecule has 4 heterocycles. The first kappa shape index (κ1) is 11.9. The third-order valence-corrected chi connectivity index (χ3v) is 4.63. The number of fused-ring (bicyclic) bond motifs is 2. The third kappa shape index (κ3) is 1.88. The van der Waals surface area contributed by atoms with Crippen molar-refractivity contribution in [2.24, 2.45) is 0 Å². The molecule has 104 valence electrons. The van der Waals surface area contributed by atoms with Gasteiger partial charge in [0.05, 0.1) is 6.04 Å². The summed E-state index contributed by atoms with van der Waals surface area (Å²) in [5.41, 5.74) is 0.